The minimum Gasteiger partial charge on any atom is -0.462 e. The predicted octanol–water partition coefficient (Wildman–Crippen LogP) is 2.58. The van der Waals surface area contributed by atoms with Gasteiger partial charge >= 0.3 is 5.97 Å². The molecule has 0 spiro atoms. The van der Waals surface area contributed by atoms with Crippen LogP contribution in [0.2, 0.25) is 0 Å². The molecule has 2 N–H and O–H groups in total. The molecule has 0 aliphatic heterocycles. The minimum atomic E-state index is -4.14. The van der Waals surface area contributed by atoms with Crippen LogP contribution >= 0.6 is 15.9 Å². The number of rotatable bonds is 6. The van der Waals surface area contributed by atoms with Gasteiger partial charge in [-0.15, -0.1) is 0 Å². The number of carbonyl (C=O) groups is 1. The van der Waals surface area contributed by atoms with Crippen molar-refractivity contribution in [2.24, 2.45) is 5.14 Å². The molecule has 0 bridgehead atoms. The Morgan fingerprint density at radius 3 is 2.60 bits per heavy atom. The second kappa shape index (κ2) is 7.14. The number of nitrogens with two attached hydrogens (primary N) is 1. The molecule has 0 atom stereocenters. The lowest BCUT2D eigenvalue weighted by Gasteiger charge is -2.08. The summed E-state index contributed by atoms with van der Waals surface area (Å²) in [6.45, 7) is 2.21. The molecule has 112 valence electrons. The number of unbranched alkanes of at least 4 members (excludes halogenated alkanes) is 2. The Morgan fingerprint density at radius 2 is 2.05 bits per heavy atom. The van der Waals surface area contributed by atoms with Gasteiger partial charge in [-0.05, 0) is 34.5 Å². The van der Waals surface area contributed by atoms with Crippen molar-refractivity contribution < 1.29 is 22.3 Å². The molecule has 0 amide bonds. The van der Waals surface area contributed by atoms with Crippen molar-refractivity contribution in [2.45, 2.75) is 31.1 Å². The van der Waals surface area contributed by atoms with Gasteiger partial charge < -0.3 is 4.74 Å². The van der Waals surface area contributed by atoms with Gasteiger partial charge in [-0.3, -0.25) is 0 Å². The maximum Gasteiger partial charge on any atom is 0.338 e. The Labute approximate surface area is 125 Å². The van der Waals surface area contributed by atoms with Gasteiger partial charge in [-0.2, -0.15) is 0 Å². The first-order valence-corrected chi connectivity index (χ1v) is 8.30. The summed E-state index contributed by atoms with van der Waals surface area (Å²) < 4.78 is 40.8. The summed E-state index contributed by atoms with van der Waals surface area (Å²) in [5.74, 6) is -1.67. The normalized spacial score (nSPS) is 11.4. The summed E-state index contributed by atoms with van der Waals surface area (Å²) in [5.41, 5.74) is -0.189. The first-order valence-electron chi connectivity index (χ1n) is 5.96. The van der Waals surface area contributed by atoms with Gasteiger partial charge in [-0.25, -0.2) is 22.7 Å². The smallest absolute Gasteiger partial charge is 0.338 e. The molecule has 0 fully saturated rings. The van der Waals surface area contributed by atoms with Gasteiger partial charge in [0.1, 0.15) is 5.82 Å². The number of carbonyl (C=O) groups excluding carboxylic acids is 1. The highest BCUT2D eigenvalue weighted by molar-refractivity contribution is 9.10. The second-order valence-corrected chi connectivity index (χ2v) is 6.48. The molecule has 8 heteroatoms. The molecule has 1 rings (SSSR count). The summed E-state index contributed by atoms with van der Waals surface area (Å²) in [6.07, 6.45) is 2.58. The van der Waals surface area contributed by atoms with Gasteiger partial charge in [0.2, 0.25) is 10.0 Å². The number of sulfonamides is 1. The van der Waals surface area contributed by atoms with Crippen LogP contribution in [0.15, 0.2) is 21.5 Å². The zero-order valence-electron chi connectivity index (χ0n) is 10.9. The molecule has 0 heterocycles. The number of primary sulfonamides is 1. The largest absolute Gasteiger partial charge is 0.462 e. The van der Waals surface area contributed by atoms with Crippen LogP contribution in [-0.4, -0.2) is 21.0 Å². The Balaban J connectivity index is 2.97. The van der Waals surface area contributed by atoms with Crippen LogP contribution in [0.3, 0.4) is 0 Å². The minimum absolute atomic E-state index is 0.189. The molecule has 0 saturated heterocycles. The molecular weight excluding hydrogens is 353 g/mol. The van der Waals surface area contributed by atoms with Crippen LogP contribution in [0.1, 0.15) is 36.5 Å². The molecule has 0 aromatic heterocycles. The van der Waals surface area contributed by atoms with Crippen molar-refractivity contribution in [1.82, 2.24) is 0 Å². The lowest BCUT2D eigenvalue weighted by Crippen LogP contribution is -2.15. The van der Waals surface area contributed by atoms with E-state index >= 15 is 0 Å². The number of ether oxygens (including phenoxy) is 1. The van der Waals surface area contributed by atoms with Gasteiger partial charge in [-0.1, -0.05) is 19.8 Å². The summed E-state index contributed by atoms with van der Waals surface area (Å²) in [7, 11) is -4.14. The van der Waals surface area contributed by atoms with Crippen LogP contribution < -0.4 is 5.14 Å². The van der Waals surface area contributed by atoms with E-state index in [1.165, 1.54) is 0 Å². The fourth-order valence-corrected chi connectivity index (χ4v) is 3.03. The van der Waals surface area contributed by atoms with Gasteiger partial charge in [0.15, 0.2) is 0 Å². The highest BCUT2D eigenvalue weighted by Crippen LogP contribution is 2.26. The summed E-state index contributed by atoms with van der Waals surface area (Å²) in [5, 5.41) is 4.96. The molecule has 0 saturated carbocycles. The van der Waals surface area contributed by atoms with Crippen molar-refractivity contribution in [3.63, 3.8) is 0 Å². The Kier molecular flexibility index (Phi) is 6.09. The van der Waals surface area contributed by atoms with Crippen LogP contribution in [0.4, 0.5) is 4.39 Å². The third-order valence-corrected chi connectivity index (χ3v) is 4.52. The van der Waals surface area contributed by atoms with E-state index in [2.05, 4.69) is 15.9 Å². The van der Waals surface area contributed by atoms with E-state index in [0.29, 0.717) is 6.42 Å². The third kappa shape index (κ3) is 4.53. The van der Waals surface area contributed by atoms with Crippen molar-refractivity contribution in [3.8, 4) is 0 Å². The highest BCUT2D eigenvalue weighted by Gasteiger charge is 2.20. The summed E-state index contributed by atoms with van der Waals surface area (Å²) >= 11 is 2.79. The third-order valence-electron chi connectivity index (χ3n) is 2.52. The average Bonchev–Trinajstić information content (AvgIpc) is 2.36. The SMILES string of the molecule is CCCCCOC(=O)c1cc(F)c(Br)c(S(N)(=O)=O)c1. The fraction of sp³-hybridized carbons (Fsp3) is 0.417. The molecule has 0 radical (unpaired) electrons. The van der Waals surface area contributed by atoms with Crippen LogP contribution in [0.5, 0.6) is 0 Å². The number of esters is 1. The monoisotopic (exact) mass is 367 g/mol. The van der Waals surface area contributed by atoms with Crippen molar-refractivity contribution >= 4 is 31.9 Å². The van der Waals surface area contributed by atoms with Gasteiger partial charge in [0, 0.05) is 0 Å². The number of halogens is 2. The van der Waals surface area contributed by atoms with E-state index in [4.69, 9.17) is 9.88 Å². The van der Waals surface area contributed by atoms with Crippen molar-refractivity contribution in [2.75, 3.05) is 6.61 Å². The predicted molar refractivity (Wildman–Crippen MR) is 75.3 cm³/mol. The Bertz CT molecular complexity index is 604. The standard InChI is InChI=1S/C12H15BrFNO4S/c1-2-3-4-5-19-12(16)8-6-9(14)11(13)10(7-8)20(15,17)18/h6-7H,2-5H2,1H3,(H2,15,17,18). The first kappa shape index (κ1) is 17.1. The van der Waals surface area contributed by atoms with Crippen molar-refractivity contribution in [3.05, 3.63) is 28.0 Å². The Morgan fingerprint density at radius 1 is 1.40 bits per heavy atom. The lowest BCUT2D eigenvalue weighted by molar-refractivity contribution is 0.0497. The van der Waals surface area contributed by atoms with Gasteiger partial charge in [0.25, 0.3) is 0 Å². The van der Waals surface area contributed by atoms with E-state index in [0.717, 1.165) is 25.0 Å². The van der Waals surface area contributed by atoms with Crippen molar-refractivity contribution in [1.29, 1.82) is 0 Å². The zero-order chi connectivity index (χ0) is 15.3. The summed E-state index contributed by atoms with van der Waals surface area (Å²) in [4.78, 5) is 11.2. The van der Waals surface area contributed by atoms with Crippen LogP contribution in [-0.2, 0) is 14.8 Å². The first-order chi connectivity index (χ1) is 9.27. The number of benzene rings is 1. The van der Waals surface area contributed by atoms with Crippen LogP contribution in [0.25, 0.3) is 0 Å². The van der Waals surface area contributed by atoms with Crippen LogP contribution in [0, 0.1) is 5.82 Å². The maximum absolute atomic E-state index is 13.6. The zero-order valence-corrected chi connectivity index (χ0v) is 13.3. The molecule has 0 aliphatic rings. The maximum atomic E-state index is 13.6. The van der Waals surface area contributed by atoms with E-state index in [-0.39, 0.29) is 16.6 Å². The summed E-state index contributed by atoms with van der Waals surface area (Å²) in [6, 6.07) is 1.89. The number of hydrogen-bond acceptors (Lipinski definition) is 4. The molecule has 0 aliphatic carbocycles. The number of hydrogen-bond donors (Lipinski definition) is 1. The highest BCUT2D eigenvalue weighted by atomic mass is 79.9. The van der Waals surface area contributed by atoms with Gasteiger partial charge in [0.05, 0.1) is 21.5 Å². The molecule has 5 nitrogen and oxygen atoms in total. The molecule has 0 unspecified atom stereocenters. The van der Waals surface area contributed by atoms with E-state index < -0.39 is 26.7 Å². The lowest BCUT2D eigenvalue weighted by atomic mass is 10.2. The molecule has 1 aromatic carbocycles. The fourth-order valence-electron chi connectivity index (χ4n) is 1.49. The van der Waals surface area contributed by atoms with E-state index in [1.54, 1.807) is 0 Å². The molecular formula is C12H15BrFNO4S. The Hall–Kier alpha value is -0.990. The second-order valence-electron chi connectivity index (χ2n) is 4.16. The molecule has 20 heavy (non-hydrogen) atoms. The molecule has 1 aromatic rings. The topological polar surface area (TPSA) is 86.5 Å². The van der Waals surface area contributed by atoms with E-state index in [1.807, 2.05) is 6.92 Å². The average molecular weight is 368 g/mol. The quantitative estimate of drug-likeness (QED) is 0.618. The van der Waals surface area contributed by atoms with E-state index in [9.17, 15) is 17.6 Å².